The van der Waals surface area contributed by atoms with Crippen molar-refractivity contribution in [1.29, 1.82) is 0 Å². The molecule has 58 valence electrons. The van der Waals surface area contributed by atoms with Gasteiger partial charge in [0.25, 0.3) is 0 Å². The molecule has 10 heavy (non-hydrogen) atoms. The molecule has 0 unspecified atom stereocenters. The van der Waals surface area contributed by atoms with Crippen LogP contribution >= 0.6 is 0 Å². The van der Waals surface area contributed by atoms with E-state index in [9.17, 15) is 0 Å². The largest absolute Gasteiger partial charge is 0.303 e. The monoisotopic (exact) mass is 139 g/mol. The highest BCUT2D eigenvalue weighted by molar-refractivity contribution is 4.88. The average molecular weight is 139 g/mol. The quantitative estimate of drug-likeness (QED) is 0.536. The lowest BCUT2D eigenvalue weighted by molar-refractivity contribution is 0.165. The number of hydrogen-bond acceptors (Lipinski definition) is 1. The summed E-state index contributed by atoms with van der Waals surface area (Å²) in [6.07, 6.45) is 7.40. The third kappa shape index (κ3) is 1.20. The zero-order valence-corrected chi connectivity index (χ0v) is 6.84. The molecule has 0 aromatic rings. The highest BCUT2D eigenvalue weighted by atomic mass is 15.1. The van der Waals surface area contributed by atoms with Gasteiger partial charge in [-0.1, -0.05) is 6.42 Å². The van der Waals surface area contributed by atoms with Crippen LogP contribution in [0.4, 0.5) is 0 Å². The van der Waals surface area contributed by atoms with Gasteiger partial charge in [0.15, 0.2) is 0 Å². The van der Waals surface area contributed by atoms with E-state index in [4.69, 9.17) is 0 Å². The van der Waals surface area contributed by atoms with Gasteiger partial charge in [0.1, 0.15) is 0 Å². The van der Waals surface area contributed by atoms with Gasteiger partial charge in [-0.15, -0.1) is 0 Å². The van der Waals surface area contributed by atoms with Crippen molar-refractivity contribution in [3.8, 4) is 0 Å². The zero-order valence-electron chi connectivity index (χ0n) is 6.84. The molecule has 1 nitrogen and oxygen atoms in total. The fraction of sp³-hybridized carbons (Fsp3) is 1.00. The molecule has 0 spiro atoms. The van der Waals surface area contributed by atoms with Gasteiger partial charge in [0.05, 0.1) is 0 Å². The maximum absolute atomic E-state index is 2.57. The highest BCUT2D eigenvalue weighted by Crippen LogP contribution is 2.38. The molecule has 1 saturated carbocycles. The van der Waals surface area contributed by atoms with Crippen LogP contribution in [-0.4, -0.2) is 24.5 Å². The van der Waals surface area contributed by atoms with Crippen LogP contribution in [0.3, 0.4) is 0 Å². The van der Waals surface area contributed by atoms with E-state index >= 15 is 0 Å². The molecule has 0 radical (unpaired) electrons. The Bertz CT molecular complexity index is 118. The lowest BCUT2D eigenvalue weighted by atomic mass is 9.99. The molecule has 2 fully saturated rings. The molecule has 0 N–H and O–H groups in total. The predicted octanol–water partition coefficient (Wildman–Crippen LogP) is 1.88. The molecule has 2 aliphatic rings. The van der Waals surface area contributed by atoms with Gasteiger partial charge in [-0.3, -0.25) is 0 Å². The Kier molecular flexibility index (Phi) is 1.69. The minimum absolute atomic E-state index is 0.966. The Morgan fingerprint density at radius 1 is 1.10 bits per heavy atom. The fourth-order valence-corrected chi connectivity index (χ4v) is 2.18. The van der Waals surface area contributed by atoms with Crippen LogP contribution in [0, 0.1) is 5.92 Å². The summed E-state index contributed by atoms with van der Waals surface area (Å²) in [4.78, 5) is 2.57. The van der Waals surface area contributed by atoms with Gasteiger partial charge in [0, 0.05) is 6.04 Å². The number of nitrogens with zero attached hydrogens (tertiary/aromatic N) is 1. The number of piperidine rings is 1. The molecule has 1 saturated heterocycles. The van der Waals surface area contributed by atoms with Crippen molar-refractivity contribution in [2.75, 3.05) is 13.6 Å². The van der Waals surface area contributed by atoms with Crippen molar-refractivity contribution in [3.63, 3.8) is 0 Å². The van der Waals surface area contributed by atoms with E-state index in [2.05, 4.69) is 11.9 Å². The second-order valence-corrected chi connectivity index (χ2v) is 3.88. The van der Waals surface area contributed by atoms with E-state index < -0.39 is 0 Å². The summed E-state index contributed by atoms with van der Waals surface area (Å²) in [5, 5.41) is 0. The summed E-state index contributed by atoms with van der Waals surface area (Å²) >= 11 is 0. The molecular formula is C9H17N. The molecule has 1 heterocycles. The molecular weight excluding hydrogens is 122 g/mol. The third-order valence-electron chi connectivity index (χ3n) is 2.99. The Labute approximate surface area is 63.4 Å². The standard InChI is InChI=1S/C9H17N/c1-10-7-3-2-4-9(10)8-5-6-8/h8-9H,2-7H2,1H3/t9-/m0/s1. The summed E-state index contributed by atoms with van der Waals surface area (Å²) in [7, 11) is 2.29. The summed E-state index contributed by atoms with van der Waals surface area (Å²) < 4.78 is 0. The van der Waals surface area contributed by atoms with Crippen LogP contribution in [0.1, 0.15) is 32.1 Å². The van der Waals surface area contributed by atoms with Gasteiger partial charge in [-0.05, 0) is 45.2 Å². The van der Waals surface area contributed by atoms with Crippen LogP contribution in [0.5, 0.6) is 0 Å². The summed E-state index contributed by atoms with van der Waals surface area (Å²) in [5.41, 5.74) is 0. The van der Waals surface area contributed by atoms with E-state index in [-0.39, 0.29) is 0 Å². The molecule has 0 aromatic carbocycles. The second-order valence-electron chi connectivity index (χ2n) is 3.88. The lowest BCUT2D eigenvalue weighted by Gasteiger charge is -2.32. The first-order valence-corrected chi connectivity index (χ1v) is 4.58. The van der Waals surface area contributed by atoms with Crippen LogP contribution in [0.15, 0.2) is 0 Å². The molecule has 1 atom stereocenters. The third-order valence-corrected chi connectivity index (χ3v) is 2.99. The Morgan fingerprint density at radius 2 is 1.90 bits per heavy atom. The molecule has 0 aromatic heterocycles. The second kappa shape index (κ2) is 2.54. The summed E-state index contributed by atoms with van der Waals surface area (Å²) in [5.74, 6) is 1.09. The topological polar surface area (TPSA) is 3.24 Å². The van der Waals surface area contributed by atoms with Crippen molar-refractivity contribution >= 4 is 0 Å². The molecule has 2 rings (SSSR count). The van der Waals surface area contributed by atoms with Gasteiger partial charge >= 0.3 is 0 Å². The molecule has 1 aliphatic heterocycles. The van der Waals surface area contributed by atoms with Gasteiger partial charge in [-0.25, -0.2) is 0 Å². The molecule has 1 heteroatoms. The van der Waals surface area contributed by atoms with Crippen molar-refractivity contribution in [3.05, 3.63) is 0 Å². The van der Waals surface area contributed by atoms with Crippen molar-refractivity contribution < 1.29 is 0 Å². The van der Waals surface area contributed by atoms with Crippen LogP contribution < -0.4 is 0 Å². The Hall–Kier alpha value is -0.0400. The predicted molar refractivity (Wildman–Crippen MR) is 43.0 cm³/mol. The Balaban J connectivity index is 1.90. The van der Waals surface area contributed by atoms with E-state index in [1.165, 1.54) is 38.6 Å². The fourth-order valence-electron chi connectivity index (χ4n) is 2.18. The van der Waals surface area contributed by atoms with E-state index in [1.54, 1.807) is 0 Å². The minimum Gasteiger partial charge on any atom is -0.303 e. The molecule has 0 amide bonds. The van der Waals surface area contributed by atoms with E-state index in [0.29, 0.717) is 0 Å². The van der Waals surface area contributed by atoms with Gasteiger partial charge in [-0.2, -0.15) is 0 Å². The number of hydrogen-bond donors (Lipinski definition) is 0. The lowest BCUT2D eigenvalue weighted by Crippen LogP contribution is -2.37. The van der Waals surface area contributed by atoms with Gasteiger partial charge in [0.2, 0.25) is 0 Å². The normalized spacial score (nSPS) is 36.3. The van der Waals surface area contributed by atoms with Crippen molar-refractivity contribution in [2.45, 2.75) is 38.1 Å². The van der Waals surface area contributed by atoms with Gasteiger partial charge < -0.3 is 4.90 Å². The minimum atomic E-state index is 0.966. The summed E-state index contributed by atoms with van der Waals surface area (Å²) in [6.45, 7) is 1.35. The maximum atomic E-state index is 2.57. The first-order chi connectivity index (χ1) is 4.88. The first-order valence-electron chi connectivity index (χ1n) is 4.58. The van der Waals surface area contributed by atoms with Crippen molar-refractivity contribution in [1.82, 2.24) is 4.90 Å². The number of likely N-dealkylation sites (tertiary alicyclic amines) is 1. The highest BCUT2D eigenvalue weighted by Gasteiger charge is 2.34. The number of rotatable bonds is 1. The molecule has 1 aliphatic carbocycles. The smallest absolute Gasteiger partial charge is 0.0120 e. The Morgan fingerprint density at radius 3 is 2.50 bits per heavy atom. The maximum Gasteiger partial charge on any atom is 0.0120 e. The van der Waals surface area contributed by atoms with E-state index in [1.807, 2.05) is 0 Å². The molecule has 0 bridgehead atoms. The zero-order chi connectivity index (χ0) is 6.97. The SMILES string of the molecule is CN1CCCC[C@H]1C1CC1. The van der Waals surface area contributed by atoms with Crippen LogP contribution in [0.25, 0.3) is 0 Å². The van der Waals surface area contributed by atoms with E-state index in [0.717, 1.165) is 12.0 Å². The average Bonchev–Trinajstić information content (AvgIpc) is 2.71. The first kappa shape index (κ1) is 6.66. The summed E-state index contributed by atoms with van der Waals surface area (Å²) in [6, 6.07) is 0.966. The van der Waals surface area contributed by atoms with Crippen LogP contribution in [0.2, 0.25) is 0 Å². The van der Waals surface area contributed by atoms with Crippen molar-refractivity contribution in [2.24, 2.45) is 5.92 Å². The van der Waals surface area contributed by atoms with Crippen LogP contribution in [-0.2, 0) is 0 Å².